The molecule has 1 aromatic carbocycles. The van der Waals surface area contributed by atoms with Crippen LogP contribution in [0.5, 0.6) is 0 Å². The second-order valence-corrected chi connectivity index (χ2v) is 4.62. The fourth-order valence-electron chi connectivity index (χ4n) is 1.81. The van der Waals surface area contributed by atoms with Crippen LogP contribution in [0.25, 0.3) is 0 Å². The number of esters is 1. The van der Waals surface area contributed by atoms with Gasteiger partial charge in [-0.2, -0.15) is 0 Å². The lowest BCUT2D eigenvalue weighted by Gasteiger charge is -2.11. The first-order valence-electron chi connectivity index (χ1n) is 7.58. The zero-order chi connectivity index (χ0) is 16.2. The second kappa shape index (κ2) is 10.6. The van der Waals surface area contributed by atoms with E-state index in [-0.39, 0.29) is 18.3 Å². The summed E-state index contributed by atoms with van der Waals surface area (Å²) in [7, 11) is 0. The monoisotopic (exact) mass is 309 g/mol. The molecule has 0 bridgehead atoms. The summed E-state index contributed by atoms with van der Waals surface area (Å²) in [5.74, 6) is 0.150. The first-order valence-corrected chi connectivity index (χ1v) is 7.58. The second-order valence-electron chi connectivity index (χ2n) is 4.62. The minimum absolute atomic E-state index is 0.197. The first-order chi connectivity index (χ1) is 10.7. The van der Waals surface area contributed by atoms with E-state index in [1.807, 2.05) is 6.92 Å². The number of hydrogen-bond donors (Lipinski definition) is 2. The van der Waals surface area contributed by atoms with Crippen molar-refractivity contribution in [3.8, 4) is 0 Å². The summed E-state index contributed by atoms with van der Waals surface area (Å²) in [5, 5.41) is 6.20. The molecule has 0 amide bonds. The minimum atomic E-state index is -0.260. The van der Waals surface area contributed by atoms with Gasteiger partial charge in [-0.25, -0.2) is 9.38 Å². The number of carbonyl (C=O) groups excluding carboxylic acids is 1. The Morgan fingerprint density at radius 2 is 2.05 bits per heavy atom. The molecule has 0 heterocycles. The number of aliphatic imine (C=N–C) groups is 1. The lowest BCUT2D eigenvalue weighted by Crippen LogP contribution is -2.37. The van der Waals surface area contributed by atoms with Crippen molar-refractivity contribution in [3.63, 3.8) is 0 Å². The van der Waals surface area contributed by atoms with Crippen molar-refractivity contribution in [1.82, 2.24) is 10.6 Å². The molecular formula is C16H24FN3O2. The fourth-order valence-corrected chi connectivity index (χ4v) is 1.81. The van der Waals surface area contributed by atoms with Crippen molar-refractivity contribution < 1.29 is 13.9 Å². The van der Waals surface area contributed by atoms with Crippen LogP contribution in [0.3, 0.4) is 0 Å². The van der Waals surface area contributed by atoms with Crippen molar-refractivity contribution in [2.24, 2.45) is 4.99 Å². The van der Waals surface area contributed by atoms with Crippen molar-refractivity contribution in [3.05, 3.63) is 35.6 Å². The molecule has 0 aliphatic rings. The van der Waals surface area contributed by atoms with Gasteiger partial charge in [0.25, 0.3) is 0 Å². The molecule has 5 nitrogen and oxygen atoms in total. The number of carbonyl (C=O) groups is 1. The predicted molar refractivity (Wildman–Crippen MR) is 85.1 cm³/mol. The van der Waals surface area contributed by atoms with E-state index in [9.17, 15) is 9.18 Å². The molecule has 0 saturated heterocycles. The van der Waals surface area contributed by atoms with Crippen LogP contribution >= 0.6 is 0 Å². The number of benzene rings is 1. The highest BCUT2D eigenvalue weighted by atomic mass is 19.1. The highest BCUT2D eigenvalue weighted by molar-refractivity contribution is 5.79. The number of nitrogens with zero attached hydrogens (tertiary/aromatic N) is 1. The highest BCUT2D eigenvalue weighted by Gasteiger charge is 2.03. The fraction of sp³-hybridized carbons (Fsp3) is 0.500. The number of nitrogens with one attached hydrogen (secondary N) is 2. The maximum absolute atomic E-state index is 13.5. The van der Waals surface area contributed by atoms with E-state index >= 15 is 0 Å². The van der Waals surface area contributed by atoms with Crippen LogP contribution in [0.1, 0.15) is 32.3 Å². The number of halogens is 1. The molecule has 1 aromatic rings. The summed E-state index contributed by atoms with van der Waals surface area (Å²) in [5.41, 5.74) is 0.547. The molecule has 122 valence electrons. The molecule has 1 rings (SSSR count). The third-order valence-electron chi connectivity index (χ3n) is 2.87. The summed E-state index contributed by atoms with van der Waals surface area (Å²) < 4.78 is 18.4. The quantitative estimate of drug-likeness (QED) is 0.334. The number of ether oxygens (including phenoxy) is 1. The minimum Gasteiger partial charge on any atom is -0.466 e. The van der Waals surface area contributed by atoms with Crippen molar-refractivity contribution >= 4 is 11.9 Å². The molecule has 0 aromatic heterocycles. The molecule has 0 saturated carbocycles. The molecule has 22 heavy (non-hydrogen) atoms. The van der Waals surface area contributed by atoms with E-state index in [1.165, 1.54) is 6.07 Å². The highest BCUT2D eigenvalue weighted by Crippen LogP contribution is 2.07. The van der Waals surface area contributed by atoms with Crippen LogP contribution in [-0.2, 0) is 16.1 Å². The third kappa shape index (κ3) is 7.06. The molecule has 6 heteroatoms. The van der Waals surface area contributed by atoms with E-state index in [0.717, 1.165) is 0 Å². The Hall–Kier alpha value is -2.11. The molecule has 0 aliphatic carbocycles. The number of guanidine groups is 1. The Morgan fingerprint density at radius 1 is 1.27 bits per heavy atom. The summed E-state index contributed by atoms with van der Waals surface area (Å²) >= 11 is 0. The summed E-state index contributed by atoms with van der Waals surface area (Å²) in [6, 6.07) is 6.57. The summed E-state index contributed by atoms with van der Waals surface area (Å²) in [6.07, 6.45) is 1.02. The van der Waals surface area contributed by atoms with Gasteiger partial charge in [0.05, 0.1) is 13.2 Å². The molecule has 2 N–H and O–H groups in total. The Balaban J connectivity index is 2.42. The Labute approximate surface area is 131 Å². The van der Waals surface area contributed by atoms with Gasteiger partial charge in [-0.1, -0.05) is 18.2 Å². The summed E-state index contributed by atoms with van der Waals surface area (Å²) in [4.78, 5) is 15.6. The Bertz CT molecular complexity index is 492. The average Bonchev–Trinajstić information content (AvgIpc) is 2.50. The summed E-state index contributed by atoms with van der Waals surface area (Å²) in [6.45, 7) is 5.72. The van der Waals surface area contributed by atoms with Crippen LogP contribution in [0.15, 0.2) is 29.3 Å². The van der Waals surface area contributed by atoms with Crippen molar-refractivity contribution in [2.45, 2.75) is 33.2 Å². The third-order valence-corrected chi connectivity index (χ3v) is 2.87. The normalized spacial score (nSPS) is 11.1. The van der Waals surface area contributed by atoms with Gasteiger partial charge in [-0.05, 0) is 26.3 Å². The van der Waals surface area contributed by atoms with Gasteiger partial charge in [-0.15, -0.1) is 0 Å². The number of rotatable bonds is 8. The maximum atomic E-state index is 13.5. The van der Waals surface area contributed by atoms with Gasteiger partial charge >= 0.3 is 5.97 Å². The van der Waals surface area contributed by atoms with E-state index in [0.29, 0.717) is 44.1 Å². The van der Waals surface area contributed by atoms with Gasteiger partial charge in [-0.3, -0.25) is 4.79 Å². The Kier molecular flexibility index (Phi) is 8.64. The van der Waals surface area contributed by atoms with E-state index in [2.05, 4.69) is 15.6 Å². The van der Waals surface area contributed by atoms with Crippen LogP contribution in [0.4, 0.5) is 4.39 Å². The molecule has 0 spiro atoms. The van der Waals surface area contributed by atoms with E-state index < -0.39 is 0 Å². The van der Waals surface area contributed by atoms with Crippen molar-refractivity contribution in [2.75, 3.05) is 19.7 Å². The van der Waals surface area contributed by atoms with Crippen LogP contribution in [0, 0.1) is 5.82 Å². The Morgan fingerprint density at radius 3 is 2.73 bits per heavy atom. The lowest BCUT2D eigenvalue weighted by molar-refractivity contribution is -0.143. The maximum Gasteiger partial charge on any atom is 0.305 e. The van der Waals surface area contributed by atoms with Gasteiger partial charge in [0, 0.05) is 25.1 Å². The van der Waals surface area contributed by atoms with Gasteiger partial charge in [0.2, 0.25) is 0 Å². The first kappa shape index (κ1) is 17.9. The smallest absolute Gasteiger partial charge is 0.305 e. The average molecular weight is 309 g/mol. The van der Waals surface area contributed by atoms with Crippen molar-refractivity contribution in [1.29, 1.82) is 0 Å². The molecule has 0 aliphatic heterocycles. The zero-order valence-electron chi connectivity index (χ0n) is 13.2. The zero-order valence-corrected chi connectivity index (χ0v) is 13.2. The largest absolute Gasteiger partial charge is 0.466 e. The topological polar surface area (TPSA) is 62.7 Å². The molecule has 0 radical (unpaired) electrons. The predicted octanol–water partition coefficient (Wildman–Crippen LogP) is 2.22. The molecule has 0 unspecified atom stereocenters. The van der Waals surface area contributed by atoms with Crippen LogP contribution < -0.4 is 10.6 Å². The van der Waals surface area contributed by atoms with Crippen LogP contribution in [0.2, 0.25) is 0 Å². The molecule has 0 fully saturated rings. The molecular weight excluding hydrogens is 285 g/mol. The van der Waals surface area contributed by atoms with Gasteiger partial charge in [0.15, 0.2) is 5.96 Å². The SMILES string of the molecule is CCNC(=NCc1ccccc1F)NCCCC(=O)OCC. The van der Waals surface area contributed by atoms with E-state index in [4.69, 9.17) is 4.74 Å². The van der Waals surface area contributed by atoms with E-state index in [1.54, 1.807) is 25.1 Å². The number of hydrogen-bond acceptors (Lipinski definition) is 3. The van der Waals surface area contributed by atoms with Crippen LogP contribution in [-0.4, -0.2) is 31.6 Å². The lowest BCUT2D eigenvalue weighted by atomic mass is 10.2. The standard InChI is InChI=1S/C16H24FN3O2/c1-3-18-16(19-11-7-10-15(21)22-4-2)20-12-13-8-5-6-9-14(13)17/h5-6,8-9H,3-4,7,10-12H2,1-2H3,(H2,18,19,20). The van der Waals surface area contributed by atoms with Gasteiger partial charge < -0.3 is 15.4 Å². The molecule has 0 atom stereocenters. The van der Waals surface area contributed by atoms with Gasteiger partial charge in [0.1, 0.15) is 5.82 Å².